The number of rotatable bonds is 3. The van der Waals surface area contributed by atoms with Crippen molar-refractivity contribution >= 4 is 6.04 Å². The molecule has 0 unspecified atom stereocenters. The first-order valence-corrected chi connectivity index (χ1v) is 3.82. The number of carbonyl (C=O) groups is 1. The number of nitrogens with two attached hydrogens (primary N) is 1. The Morgan fingerprint density at radius 1 is 1.46 bits per heavy atom. The van der Waals surface area contributed by atoms with Crippen molar-refractivity contribution in [2.75, 3.05) is 0 Å². The van der Waals surface area contributed by atoms with Crippen molar-refractivity contribution in [3.63, 3.8) is 0 Å². The van der Waals surface area contributed by atoms with Crippen molar-refractivity contribution in [1.29, 1.82) is 0 Å². The molecule has 4 heteroatoms. The molecule has 0 saturated heterocycles. The largest absolute Gasteiger partial charge is 0.508 e. The molecular formula is C9H10FNO2. The molecule has 13 heavy (non-hydrogen) atoms. The Labute approximate surface area is 75.0 Å². The van der Waals surface area contributed by atoms with E-state index in [2.05, 4.69) is 0 Å². The van der Waals surface area contributed by atoms with E-state index in [1.54, 1.807) is 12.1 Å². The van der Waals surface area contributed by atoms with E-state index >= 15 is 0 Å². The molecule has 1 atom stereocenters. The maximum Gasteiger partial charge on any atom is 0.318 e. The second-order valence-electron chi connectivity index (χ2n) is 2.78. The minimum atomic E-state index is -1.52. The lowest BCUT2D eigenvalue weighted by Gasteiger charge is -2.04. The van der Waals surface area contributed by atoms with Gasteiger partial charge in [-0.3, -0.25) is 4.79 Å². The zero-order chi connectivity index (χ0) is 9.84. The van der Waals surface area contributed by atoms with E-state index in [9.17, 15) is 9.18 Å². The van der Waals surface area contributed by atoms with Gasteiger partial charge in [-0.1, -0.05) is 12.1 Å². The van der Waals surface area contributed by atoms with Gasteiger partial charge in [0.25, 0.3) is 0 Å². The van der Waals surface area contributed by atoms with Gasteiger partial charge in [-0.15, -0.1) is 0 Å². The van der Waals surface area contributed by atoms with Crippen LogP contribution in [-0.4, -0.2) is 17.2 Å². The fraction of sp³-hybridized carbons (Fsp3) is 0.222. The van der Waals surface area contributed by atoms with Crippen LogP contribution in [0.4, 0.5) is 4.39 Å². The minimum Gasteiger partial charge on any atom is -0.508 e. The molecular weight excluding hydrogens is 173 g/mol. The summed E-state index contributed by atoms with van der Waals surface area (Å²) in [6, 6.07) is 3.49. The molecule has 3 nitrogen and oxygen atoms in total. The zero-order valence-electron chi connectivity index (χ0n) is 6.90. The van der Waals surface area contributed by atoms with Crippen LogP contribution in [0.15, 0.2) is 24.3 Å². The van der Waals surface area contributed by atoms with E-state index in [1.165, 1.54) is 12.1 Å². The molecule has 0 amide bonds. The van der Waals surface area contributed by atoms with E-state index in [4.69, 9.17) is 10.8 Å². The maximum absolute atomic E-state index is 12.0. The predicted molar refractivity (Wildman–Crippen MR) is 45.9 cm³/mol. The van der Waals surface area contributed by atoms with Gasteiger partial charge in [-0.05, 0) is 24.1 Å². The predicted octanol–water partition coefficient (Wildman–Crippen LogP) is 0.758. The van der Waals surface area contributed by atoms with Gasteiger partial charge in [0.2, 0.25) is 0 Å². The molecule has 1 aromatic rings. The topological polar surface area (TPSA) is 63.3 Å². The second-order valence-corrected chi connectivity index (χ2v) is 2.78. The fourth-order valence-corrected chi connectivity index (χ4v) is 0.966. The highest BCUT2D eigenvalue weighted by atomic mass is 19.1. The normalized spacial score (nSPS) is 12.5. The number of benzene rings is 1. The monoisotopic (exact) mass is 183 g/mol. The Balaban J connectivity index is 2.64. The molecule has 1 aromatic carbocycles. The summed E-state index contributed by atoms with van der Waals surface area (Å²) < 4.78 is 12.0. The lowest BCUT2D eigenvalue weighted by atomic mass is 10.1. The van der Waals surface area contributed by atoms with Crippen LogP contribution in [0.5, 0.6) is 5.75 Å². The minimum absolute atomic E-state index is 0.129. The smallest absolute Gasteiger partial charge is 0.318 e. The summed E-state index contributed by atoms with van der Waals surface area (Å²) in [7, 11) is 0. The van der Waals surface area contributed by atoms with Gasteiger partial charge >= 0.3 is 6.04 Å². The molecule has 0 heterocycles. The van der Waals surface area contributed by atoms with E-state index in [-0.39, 0.29) is 12.2 Å². The third-order valence-electron chi connectivity index (χ3n) is 1.68. The molecule has 0 radical (unpaired) electrons. The summed E-state index contributed by atoms with van der Waals surface area (Å²) in [5.41, 5.74) is 5.92. The summed E-state index contributed by atoms with van der Waals surface area (Å²) in [6.45, 7) is 0. The number of phenols is 1. The number of hydrogen-bond donors (Lipinski definition) is 2. The van der Waals surface area contributed by atoms with E-state index < -0.39 is 12.1 Å². The van der Waals surface area contributed by atoms with Gasteiger partial charge in [0.05, 0.1) is 0 Å². The van der Waals surface area contributed by atoms with Gasteiger partial charge in [0.15, 0.2) is 0 Å². The van der Waals surface area contributed by atoms with Crippen LogP contribution in [0.25, 0.3) is 0 Å². The Morgan fingerprint density at radius 3 is 2.46 bits per heavy atom. The van der Waals surface area contributed by atoms with Crippen LogP contribution in [0, 0.1) is 0 Å². The Morgan fingerprint density at radius 2 is 2.00 bits per heavy atom. The standard InChI is InChI=1S/C9H10FNO2/c10-9(13)8(11)5-6-1-3-7(12)4-2-6/h1-4,8,12H,5,11H2/t8-/m0/s1. The number of carbonyl (C=O) groups excluding carboxylic acids is 1. The Bertz CT molecular complexity index is 297. The van der Waals surface area contributed by atoms with Crippen molar-refractivity contribution in [2.45, 2.75) is 12.5 Å². The van der Waals surface area contributed by atoms with Crippen molar-refractivity contribution in [3.05, 3.63) is 29.8 Å². The lowest BCUT2D eigenvalue weighted by Crippen LogP contribution is -2.29. The molecule has 70 valence electrons. The molecule has 0 aliphatic rings. The summed E-state index contributed by atoms with van der Waals surface area (Å²) >= 11 is 0. The summed E-state index contributed by atoms with van der Waals surface area (Å²) in [5, 5.41) is 8.93. The summed E-state index contributed by atoms with van der Waals surface area (Å²) in [5.74, 6) is 0.129. The van der Waals surface area contributed by atoms with Crippen LogP contribution in [0.3, 0.4) is 0 Å². The van der Waals surface area contributed by atoms with Crippen molar-refractivity contribution in [3.8, 4) is 5.75 Å². The van der Waals surface area contributed by atoms with Crippen LogP contribution < -0.4 is 5.73 Å². The van der Waals surface area contributed by atoms with E-state index in [1.807, 2.05) is 0 Å². The number of phenolic OH excluding ortho intramolecular Hbond substituents is 1. The molecule has 0 bridgehead atoms. The average molecular weight is 183 g/mol. The summed E-state index contributed by atoms with van der Waals surface area (Å²) in [4.78, 5) is 10.2. The van der Waals surface area contributed by atoms with Gasteiger partial charge in [0, 0.05) is 0 Å². The maximum atomic E-state index is 12.0. The highest BCUT2D eigenvalue weighted by Gasteiger charge is 2.12. The first kappa shape index (κ1) is 9.67. The molecule has 3 N–H and O–H groups in total. The fourth-order valence-electron chi connectivity index (χ4n) is 0.966. The molecule has 0 fully saturated rings. The third-order valence-corrected chi connectivity index (χ3v) is 1.68. The van der Waals surface area contributed by atoms with Crippen molar-refractivity contribution in [2.24, 2.45) is 5.73 Å². The summed E-state index contributed by atoms with van der Waals surface area (Å²) in [6.07, 6.45) is 0.148. The Hall–Kier alpha value is -1.42. The molecule has 0 spiro atoms. The van der Waals surface area contributed by atoms with Crippen molar-refractivity contribution < 1.29 is 14.3 Å². The highest BCUT2D eigenvalue weighted by Crippen LogP contribution is 2.10. The first-order valence-electron chi connectivity index (χ1n) is 3.82. The molecule has 0 aromatic heterocycles. The quantitative estimate of drug-likeness (QED) is 0.680. The van der Waals surface area contributed by atoms with Gasteiger partial charge in [-0.2, -0.15) is 4.39 Å². The van der Waals surface area contributed by atoms with E-state index in [0.717, 1.165) is 5.56 Å². The van der Waals surface area contributed by atoms with Crippen LogP contribution in [0.2, 0.25) is 0 Å². The average Bonchev–Trinajstić information content (AvgIpc) is 2.08. The van der Waals surface area contributed by atoms with E-state index in [0.29, 0.717) is 0 Å². The van der Waals surface area contributed by atoms with Crippen LogP contribution in [-0.2, 0) is 11.2 Å². The van der Waals surface area contributed by atoms with Gasteiger partial charge in [0.1, 0.15) is 11.8 Å². The number of hydrogen-bond acceptors (Lipinski definition) is 3. The molecule has 0 aliphatic carbocycles. The van der Waals surface area contributed by atoms with Crippen LogP contribution in [0.1, 0.15) is 5.56 Å². The molecule has 0 aliphatic heterocycles. The number of halogens is 1. The molecule has 0 saturated carbocycles. The Kier molecular flexibility index (Phi) is 2.97. The van der Waals surface area contributed by atoms with Crippen LogP contribution >= 0.6 is 0 Å². The SMILES string of the molecule is N[C@@H](Cc1ccc(O)cc1)C(=O)F. The highest BCUT2D eigenvalue weighted by molar-refractivity contribution is 5.74. The third kappa shape index (κ3) is 2.83. The van der Waals surface area contributed by atoms with Gasteiger partial charge in [-0.25, -0.2) is 0 Å². The zero-order valence-corrected chi connectivity index (χ0v) is 6.90. The number of aromatic hydroxyl groups is 1. The lowest BCUT2D eigenvalue weighted by molar-refractivity contribution is -0.130. The van der Waals surface area contributed by atoms with Gasteiger partial charge < -0.3 is 10.8 Å². The molecule has 1 rings (SSSR count). The first-order chi connectivity index (χ1) is 6.09. The van der Waals surface area contributed by atoms with Crippen molar-refractivity contribution in [1.82, 2.24) is 0 Å². The second kappa shape index (κ2) is 4.00.